The molecule has 6 atom stereocenters. The number of amides is 3. The van der Waals surface area contributed by atoms with Crippen molar-refractivity contribution in [2.24, 2.45) is 39.9 Å². The predicted octanol–water partition coefficient (Wildman–Crippen LogP) is 0.826. The number of guanidine groups is 1. The highest BCUT2D eigenvalue weighted by atomic mass is 16.5. The Labute approximate surface area is 296 Å². The first-order valence-corrected chi connectivity index (χ1v) is 17.2. The number of nitrogens with two attached hydrogens (primary N) is 3. The first-order chi connectivity index (χ1) is 24.5. The number of H-pyrrole nitrogens is 1. The molecule has 4 aromatic rings. The molecule has 1 aliphatic carbocycles. The lowest BCUT2D eigenvalue weighted by atomic mass is 9.68. The molecule has 0 saturated heterocycles. The van der Waals surface area contributed by atoms with Gasteiger partial charge in [-0.05, 0) is 83.2 Å². The van der Waals surface area contributed by atoms with Crippen molar-refractivity contribution in [3.63, 3.8) is 0 Å². The van der Waals surface area contributed by atoms with Crippen molar-refractivity contribution in [3.8, 4) is 0 Å². The Morgan fingerprint density at radius 2 is 1.73 bits per heavy atom. The smallest absolute Gasteiger partial charge is 0.305 e. The van der Waals surface area contributed by atoms with E-state index in [0.717, 1.165) is 27.4 Å². The monoisotopic (exact) mass is 698 g/mol. The predicted molar refractivity (Wildman–Crippen MR) is 193 cm³/mol. The minimum Gasteiger partial charge on any atom is -0.469 e. The number of ether oxygens (including phenoxy) is 1. The first kappa shape index (κ1) is 36.8. The zero-order valence-electron chi connectivity index (χ0n) is 28.8. The Morgan fingerprint density at radius 3 is 2.39 bits per heavy atom. The van der Waals surface area contributed by atoms with Gasteiger partial charge >= 0.3 is 5.97 Å². The van der Waals surface area contributed by atoms with Crippen LogP contribution in [0.15, 0.2) is 72.1 Å². The van der Waals surface area contributed by atoms with E-state index in [9.17, 15) is 19.2 Å². The molecule has 51 heavy (non-hydrogen) atoms. The third-order valence-corrected chi connectivity index (χ3v) is 9.84. The maximum atomic E-state index is 13.8. The van der Waals surface area contributed by atoms with Gasteiger partial charge in [0.25, 0.3) is 5.91 Å². The van der Waals surface area contributed by atoms with E-state index in [1.807, 2.05) is 18.2 Å². The lowest BCUT2D eigenvalue weighted by Gasteiger charge is -2.41. The summed E-state index contributed by atoms with van der Waals surface area (Å²) >= 11 is 0. The van der Waals surface area contributed by atoms with Gasteiger partial charge in [-0.3, -0.25) is 24.2 Å². The Morgan fingerprint density at radius 1 is 1.00 bits per heavy atom. The van der Waals surface area contributed by atoms with Crippen LogP contribution >= 0.6 is 0 Å². The van der Waals surface area contributed by atoms with Crippen molar-refractivity contribution < 1.29 is 29.6 Å². The quantitative estimate of drug-likeness (QED) is 0.0307. The van der Waals surface area contributed by atoms with Crippen LogP contribution in [-0.2, 0) is 36.8 Å². The number of aromatic amines is 1. The summed E-state index contributed by atoms with van der Waals surface area (Å²) in [6.45, 7) is 0.273. The second-order valence-corrected chi connectivity index (χ2v) is 13.5. The van der Waals surface area contributed by atoms with E-state index in [4.69, 9.17) is 21.9 Å². The number of primary amides is 1. The zero-order chi connectivity index (χ0) is 36.5. The number of quaternary nitrogens is 1. The summed E-state index contributed by atoms with van der Waals surface area (Å²) in [4.78, 5) is 63.6. The average molecular weight is 699 g/mol. The van der Waals surface area contributed by atoms with Crippen LogP contribution < -0.4 is 33.6 Å². The Hall–Kier alpha value is -5.50. The number of esters is 1. The van der Waals surface area contributed by atoms with E-state index in [-0.39, 0.29) is 43.2 Å². The van der Waals surface area contributed by atoms with Gasteiger partial charge in [0.1, 0.15) is 6.04 Å². The highest BCUT2D eigenvalue weighted by molar-refractivity contribution is 5.98. The number of nitrogens with zero attached hydrogens (tertiary/aromatic N) is 2. The third kappa shape index (κ3) is 9.81. The standard InChI is InChI=1S/C37H47N9O5/c1-51-33(47)18-26-17-32(46-36(50)30(38)12-21-8-9-24-13-22-5-2-3-6-23(22)14-25(24)11-21)27(15-28-19-42-20-44-28)16-29(26)35(49)45-31(34(39)48)7-4-10-43-37(40)41/h2-3,5-6,8-9,11,13-14,19-20,26-27,29-32H,4,7,10,12,15-18,38H2,1H3,(H2,39,48)(H,42,44)(H,45,49)(H,46,50)(H4,40,41,43)/p+1/t26?,27?,29-,30?,31?,32?/m0/s1. The Bertz CT molecular complexity index is 1870. The van der Waals surface area contributed by atoms with Gasteiger partial charge in [0.15, 0.2) is 12.0 Å². The van der Waals surface area contributed by atoms with Crippen LogP contribution in [0.4, 0.5) is 0 Å². The van der Waals surface area contributed by atoms with Crippen LogP contribution in [0.5, 0.6) is 0 Å². The van der Waals surface area contributed by atoms with Crippen LogP contribution in [0.1, 0.15) is 43.4 Å². The molecule has 3 amide bonds. The van der Waals surface area contributed by atoms with Gasteiger partial charge in [-0.1, -0.05) is 42.5 Å². The van der Waals surface area contributed by atoms with E-state index in [1.54, 1.807) is 12.5 Å². The summed E-state index contributed by atoms with van der Waals surface area (Å²) in [6.07, 6.45) is 5.50. The Kier molecular flexibility index (Phi) is 12.2. The summed E-state index contributed by atoms with van der Waals surface area (Å²) < 4.78 is 4.98. The van der Waals surface area contributed by atoms with Crippen LogP contribution in [0, 0.1) is 17.8 Å². The molecule has 1 aromatic heterocycles. The number of nitrogens with one attached hydrogen (secondary N) is 3. The molecule has 5 unspecified atom stereocenters. The number of aromatic nitrogens is 2. The zero-order valence-corrected chi connectivity index (χ0v) is 28.8. The maximum Gasteiger partial charge on any atom is 0.305 e. The number of hydrogen-bond donors (Lipinski definition) is 7. The largest absolute Gasteiger partial charge is 0.469 e. The highest BCUT2D eigenvalue weighted by Crippen LogP contribution is 2.38. The molecule has 3 aromatic carbocycles. The van der Waals surface area contributed by atoms with Crippen LogP contribution in [0.25, 0.3) is 21.5 Å². The van der Waals surface area contributed by atoms with Gasteiger partial charge < -0.3 is 43.3 Å². The van der Waals surface area contributed by atoms with Crippen LogP contribution in [0.3, 0.4) is 0 Å². The van der Waals surface area contributed by atoms with Gasteiger partial charge in [-0.25, -0.2) is 4.98 Å². The van der Waals surface area contributed by atoms with Crippen molar-refractivity contribution >= 4 is 51.2 Å². The van der Waals surface area contributed by atoms with E-state index < -0.39 is 41.7 Å². The average Bonchev–Trinajstić information content (AvgIpc) is 3.62. The van der Waals surface area contributed by atoms with Crippen molar-refractivity contribution in [2.45, 2.75) is 63.1 Å². The fraction of sp³-hybridized carbons (Fsp3) is 0.405. The lowest BCUT2D eigenvalue weighted by Crippen LogP contribution is -2.69. The minimum absolute atomic E-state index is 0.0387. The van der Waals surface area contributed by atoms with Crippen molar-refractivity contribution in [2.75, 3.05) is 13.7 Å². The van der Waals surface area contributed by atoms with E-state index >= 15 is 0 Å². The highest BCUT2D eigenvalue weighted by Gasteiger charge is 2.43. The molecule has 5 rings (SSSR count). The number of aliphatic imine (C=N–C) groups is 1. The summed E-state index contributed by atoms with van der Waals surface area (Å²) in [5.41, 5.74) is 22.5. The van der Waals surface area contributed by atoms with E-state index in [0.29, 0.717) is 32.1 Å². The first-order valence-electron chi connectivity index (χ1n) is 17.2. The lowest BCUT2D eigenvalue weighted by molar-refractivity contribution is -0.403. The number of fused-ring (bicyclic) bond motifs is 2. The van der Waals surface area contributed by atoms with Crippen molar-refractivity contribution in [1.29, 1.82) is 0 Å². The summed E-state index contributed by atoms with van der Waals surface area (Å²) in [5.74, 6) is -3.18. The van der Waals surface area contributed by atoms with Crippen LogP contribution in [-0.4, -0.2) is 71.4 Å². The molecule has 0 aliphatic heterocycles. The second-order valence-electron chi connectivity index (χ2n) is 13.5. The molecule has 270 valence electrons. The van der Waals surface area contributed by atoms with Gasteiger partial charge in [0.2, 0.25) is 11.8 Å². The van der Waals surface area contributed by atoms with Crippen molar-refractivity contribution in [1.82, 2.24) is 20.6 Å². The normalized spacial score (nSPS) is 19.9. The topological polar surface area (TPSA) is 248 Å². The van der Waals surface area contributed by atoms with E-state index in [1.165, 1.54) is 12.5 Å². The van der Waals surface area contributed by atoms with Gasteiger partial charge in [0, 0.05) is 43.2 Å². The molecule has 12 N–H and O–H groups in total. The van der Waals surface area contributed by atoms with Gasteiger partial charge in [-0.15, -0.1) is 0 Å². The van der Waals surface area contributed by atoms with Crippen molar-refractivity contribution in [3.05, 3.63) is 78.4 Å². The molecule has 1 saturated carbocycles. The molecular formula is C37H48N9O5+. The van der Waals surface area contributed by atoms with Crippen LogP contribution in [0.2, 0.25) is 0 Å². The van der Waals surface area contributed by atoms with Gasteiger partial charge in [-0.2, -0.15) is 0 Å². The number of hydrogen-bond acceptors (Lipinski definition) is 7. The number of carbonyl (C=O) groups is 4. The maximum absolute atomic E-state index is 13.8. The Balaban J connectivity index is 1.32. The summed E-state index contributed by atoms with van der Waals surface area (Å²) in [7, 11) is 1.29. The third-order valence-electron chi connectivity index (χ3n) is 9.84. The summed E-state index contributed by atoms with van der Waals surface area (Å²) in [5, 5.41) is 10.5. The fourth-order valence-electron chi connectivity index (χ4n) is 7.15. The number of imidazole rings is 1. The molecule has 1 heterocycles. The van der Waals surface area contributed by atoms with Gasteiger partial charge in [0.05, 0.1) is 13.4 Å². The molecule has 0 radical (unpaired) electrons. The molecular weight excluding hydrogens is 650 g/mol. The number of rotatable bonds is 15. The molecule has 1 fully saturated rings. The molecule has 14 nitrogen and oxygen atoms in total. The fourth-order valence-corrected chi connectivity index (χ4v) is 7.15. The molecule has 0 spiro atoms. The van der Waals surface area contributed by atoms with E-state index in [2.05, 4.69) is 67.7 Å². The number of methoxy groups -OCH3 is 1. The minimum atomic E-state index is -0.949. The summed E-state index contributed by atoms with van der Waals surface area (Å²) in [6, 6.07) is 16.8. The second kappa shape index (κ2) is 16.9. The molecule has 1 aliphatic rings. The molecule has 14 heteroatoms. The number of benzene rings is 3. The molecule has 0 bridgehead atoms. The SMILES string of the molecule is COC(=O)CC1CC(NC(=O)C([NH3+])Cc2ccc3cc4ccccc4cc3c2)C(Cc2cnc[nH]2)C[C@@H]1C(=O)NC(CCCN=C(N)N)C(N)=O. The number of carbonyl (C=O) groups excluding carboxylic acids is 4.